The summed E-state index contributed by atoms with van der Waals surface area (Å²) >= 11 is 0. The summed E-state index contributed by atoms with van der Waals surface area (Å²) in [5.41, 5.74) is 1.25. The lowest BCUT2D eigenvalue weighted by Gasteiger charge is -2.46. The summed E-state index contributed by atoms with van der Waals surface area (Å²) in [6.07, 6.45) is 5.08. The van der Waals surface area contributed by atoms with Crippen LogP contribution in [0.25, 0.3) is 0 Å². The standard InChI is InChI=1S/C17H23FN2/c18-15-5-2-1-4-13(15)14-12-19-9-7-17(14)8-11-20-10-3-6-16(17)20/h1-2,4-5,14,16,19H,3,6-12H2. The third-order valence-electron chi connectivity index (χ3n) is 5.98. The largest absolute Gasteiger partial charge is 0.316 e. The van der Waals surface area contributed by atoms with Gasteiger partial charge >= 0.3 is 0 Å². The van der Waals surface area contributed by atoms with Crippen LogP contribution in [0.1, 0.15) is 37.2 Å². The minimum Gasteiger partial charge on any atom is -0.316 e. The lowest BCUT2D eigenvalue weighted by molar-refractivity contribution is 0.110. The molecule has 3 atom stereocenters. The van der Waals surface area contributed by atoms with Crippen molar-refractivity contribution in [2.45, 2.75) is 37.6 Å². The Kier molecular flexibility index (Phi) is 3.08. The average molecular weight is 274 g/mol. The monoisotopic (exact) mass is 274 g/mol. The summed E-state index contributed by atoms with van der Waals surface area (Å²) < 4.78 is 14.3. The fourth-order valence-corrected chi connectivity index (χ4v) is 5.08. The van der Waals surface area contributed by atoms with E-state index in [9.17, 15) is 4.39 Å². The van der Waals surface area contributed by atoms with E-state index < -0.39 is 0 Å². The molecule has 3 fully saturated rings. The van der Waals surface area contributed by atoms with Gasteiger partial charge < -0.3 is 5.32 Å². The molecule has 3 heterocycles. The van der Waals surface area contributed by atoms with E-state index in [0.717, 1.165) is 18.7 Å². The van der Waals surface area contributed by atoms with Crippen LogP contribution in [-0.4, -0.2) is 37.1 Å². The molecular weight excluding hydrogens is 251 g/mol. The Morgan fingerprint density at radius 1 is 1.20 bits per heavy atom. The molecule has 3 heteroatoms. The molecule has 0 radical (unpaired) electrons. The fourth-order valence-electron chi connectivity index (χ4n) is 5.08. The molecule has 3 saturated heterocycles. The molecule has 0 aromatic heterocycles. The van der Waals surface area contributed by atoms with Gasteiger partial charge in [-0.05, 0) is 62.4 Å². The Hall–Kier alpha value is -0.930. The van der Waals surface area contributed by atoms with Gasteiger partial charge in [-0.3, -0.25) is 4.90 Å². The van der Waals surface area contributed by atoms with Crippen molar-refractivity contribution >= 4 is 0 Å². The summed E-state index contributed by atoms with van der Waals surface area (Å²) in [4.78, 5) is 2.67. The maximum Gasteiger partial charge on any atom is 0.126 e. The van der Waals surface area contributed by atoms with E-state index in [1.807, 2.05) is 12.1 Å². The first-order valence-electron chi connectivity index (χ1n) is 8.00. The number of nitrogens with zero attached hydrogens (tertiary/aromatic N) is 1. The van der Waals surface area contributed by atoms with Gasteiger partial charge in [0.15, 0.2) is 0 Å². The molecular formula is C17H23FN2. The highest BCUT2D eigenvalue weighted by molar-refractivity contribution is 5.28. The van der Waals surface area contributed by atoms with Gasteiger partial charge in [0.2, 0.25) is 0 Å². The third-order valence-corrected chi connectivity index (χ3v) is 5.98. The van der Waals surface area contributed by atoms with Gasteiger partial charge in [0.1, 0.15) is 5.82 Å². The summed E-state index contributed by atoms with van der Waals surface area (Å²) in [7, 11) is 0. The molecule has 2 nitrogen and oxygen atoms in total. The zero-order valence-electron chi connectivity index (χ0n) is 11.9. The highest BCUT2D eigenvalue weighted by Crippen LogP contribution is 2.54. The number of rotatable bonds is 1. The molecule has 3 unspecified atom stereocenters. The quantitative estimate of drug-likeness (QED) is 0.847. The Labute approximate surface area is 120 Å². The highest BCUT2D eigenvalue weighted by Gasteiger charge is 2.54. The molecule has 3 aliphatic heterocycles. The fraction of sp³-hybridized carbons (Fsp3) is 0.647. The molecule has 0 bridgehead atoms. The Bertz CT molecular complexity index is 500. The predicted molar refractivity (Wildman–Crippen MR) is 78.3 cm³/mol. The van der Waals surface area contributed by atoms with Gasteiger partial charge in [-0.2, -0.15) is 0 Å². The van der Waals surface area contributed by atoms with Crippen LogP contribution in [0.4, 0.5) is 4.39 Å². The summed E-state index contributed by atoms with van der Waals surface area (Å²) in [6, 6.07) is 8.11. The molecule has 0 aliphatic carbocycles. The van der Waals surface area contributed by atoms with Gasteiger partial charge in [0.05, 0.1) is 0 Å². The smallest absolute Gasteiger partial charge is 0.126 e. The second-order valence-corrected chi connectivity index (χ2v) is 6.71. The number of piperidine rings is 1. The van der Waals surface area contributed by atoms with E-state index in [1.54, 1.807) is 12.1 Å². The highest BCUT2D eigenvalue weighted by atomic mass is 19.1. The maximum atomic E-state index is 14.3. The molecule has 3 aliphatic rings. The predicted octanol–water partition coefficient (Wildman–Crippen LogP) is 2.76. The lowest BCUT2D eigenvalue weighted by Crippen LogP contribution is -2.49. The molecule has 108 valence electrons. The van der Waals surface area contributed by atoms with Crippen LogP contribution in [-0.2, 0) is 0 Å². The van der Waals surface area contributed by atoms with E-state index in [1.165, 1.54) is 38.8 Å². The van der Waals surface area contributed by atoms with Crippen LogP contribution in [0.2, 0.25) is 0 Å². The molecule has 0 amide bonds. The van der Waals surface area contributed by atoms with Crippen LogP contribution < -0.4 is 5.32 Å². The van der Waals surface area contributed by atoms with E-state index in [2.05, 4.69) is 10.2 Å². The van der Waals surface area contributed by atoms with Crippen molar-refractivity contribution in [3.8, 4) is 0 Å². The van der Waals surface area contributed by atoms with Crippen molar-refractivity contribution in [3.05, 3.63) is 35.6 Å². The van der Waals surface area contributed by atoms with Gasteiger partial charge in [-0.25, -0.2) is 4.39 Å². The minimum absolute atomic E-state index is 0.0166. The van der Waals surface area contributed by atoms with E-state index in [0.29, 0.717) is 17.4 Å². The number of hydrogen-bond acceptors (Lipinski definition) is 2. The second kappa shape index (κ2) is 4.81. The van der Waals surface area contributed by atoms with Gasteiger partial charge in [-0.1, -0.05) is 18.2 Å². The number of halogens is 1. The first-order chi connectivity index (χ1) is 9.81. The SMILES string of the molecule is Fc1ccccc1C1CNCCC12CCN1CCCC12. The lowest BCUT2D eigenvalue weighted by atomic mass is 9.63. The normalized spacial score (nSPS) is 37.5. The Morgan fingerprint density at radius 3 is 3.00 bits per heavy atom. The van der Waals surface area contributed by atoms with Crippen molar-refractivity contribution in [1.29, 1.82) is 0 Å². The first kappa shape index (κ1) is 12.8. The summed E-state index contributed by atoms with van der Waals surface area (Å²) in [6.45, 7) is 4.50. The van der Waals surface area contributed by atoms with E-state index in [-0.39, 0.29) is 5.82 Å². The Balaban J connectivity index is 1.75. The van der Waals surface area contributed by atoms with Crippen LogP contribution in [0.3, 0.4) is 0 Å². The molecule has 4 rings (SSSR count). The number of hydrogen-bond donors (Lipinski definition) is 1. The van der Waals surface area contributed by atoms with E-state index >= 15 is 0 Å². The second-order valence-electron chi connectivity index (χ2n) is 6.71. The zero-order valence-corrected chi connectivity index (χ0v) is 11.9. The van der Waals surface area contributed by atoms with Crippen LogP contribution in [0.15, 0.2) is 24.3 Å². The minimum atomic E-state index is -0.0166. The first-order valence-corrected chi connectivity index (χ1v) is 8.00. The molecule has 1 spiro atoms. The molecule has 1 aromatic rings. The maximum absolute atomic E-state index is 14.3. The summed E-state index contributed by atoms with van der Waals surface area (Å²) in [5, 5.41) is 3.51. The van der Waals surface area contributed by atoms with Gasteiger partial charge in [0, 0.05) is 18.5 Å². The molecule has 1 aromatic carbocycles. The van der Waals surface area contributed by atoms with Gasteiger partial charge in [-0.15, -0.1) is 0 Å². The zero-order chi connectivity index (χ0) is 13.6. The van der Waals surface area contributed by atoms with Crippen molar-refractivity contribution in [2.24, 2.45) is 5.41 Å². The average Bonchev–Trinajstić information content (AvgIpc) is 3.06. The van der Waals surface area contributed by atoms with Crippen molar-refractivity contribution in [2.75, 3.05) is 26.2 Å². The van der Waals surface area contributed by atoms with Crippen molar-refractivity contribution < 1.29 is 4.39 Å². The number of fused-ring (bicyclic) bond motifs is 2. The van der Waals surface area contributed by atoms with Crippen LogP contribution in [0.5, 0.6) is 0 Å². The van der Waals surface area contributed by atoms with Crippen molar-refractivity contribution in [3.63, 3.8) is 0 Å². The topological polar surface area (TPSA) is 15.3 Å². The van der Waals surface area contributed by atoms with Crippen LogP contribution in [0, 0.1) is 11.2 Å². The number of benzene rings is 1. The molecule has 1 N–H and O–H groups in total. The molecule has 20 heavy (non-hydrogen) atoms. The van der Waals surface area contributed by atoms with Crippen LogP contribution >= 0.6 is 0 Å². The van der Waals surface area contributed by atoms with Gasteiger partial charge in [0.25, 0.3) is 0 Å². The number of nitrogens with one attached hydrogen (secondary N) is 1. The van der Waals surface area contributed by atoms with Crippen molar-refractivity contribution in [1.82, 2.24) is 10.2 Å². The third kappa shape index (κ3) is 1.76. The molecule has 0 saturated carbocycles. The van der Waals surface area contributed by atoms with E-state index in [4.69, 9.17) is 0 Å². The summed E-state index contributed by atoms with van der Waals surface area (Å²) in [5.74, 6) is 0.322. The Morgan fingerprint density at radius 2 is 2.10 bits per heavy atom.